The van der Waals surface area contributed by atoms with Crippen molar-refractivity contribution in [3.8, 4) is 11.8 Å². The average molecular weight is 233 g/mol. The van der Waals surface area contributed by atoms with Crippen molar-refractivity contribution < 1.29 is 4.92 Å². The maximum Gasteiger partial charge on any atom is 0.297 e. The number of para-hydroxylation sites is 1. The van der Waals surface area contributed by atoms with Crippen LogP contribution < -0.4 is 0 Å². The standard InChI is InChI=1S/C10H7N3O2S/c14-13(15)9-5-1-3-7-8(4-2-6-16)11-12-10(7)9/h1,3,5,16H,6H2,(H,11,12). The zero-order valence-corrected chi connectivity index (χ0v) is 8.99. The monoisotopic (exact) mass is 233 g/mol. The van der Waals surface area contributed by atoms with Gasteiger partial charge in [-0.1, -0.05) is 12.0 Å². The SMILES string of the molecule is O=[N+]([O-])c1cccc2c(C#CCS)[nH]nc12. The highest BCUT2D eigenvalue weighted by Crippen LogP contribution is 2.24. The van der Waals surface area contributed by atoms with Gasteiger partial charge in [-0.3, -0.25) is 15.2 Å². The third-order valence-electron chi connectivity index (χ3n) is 2.05. The van der Waals surface area contributed by atoms with E-state index in [-0.39, 0.29) is 5.69 Å². The fraction of sp³-hybridized carbons (Fsp3) is 0.100. The van der Waals surface area contributed by atoms with Crippen LogP contribution in [0.4, 0.5) is 5.69 Å². The quantitative estimate of drug-likeness (QED) is 0.341. The van der Waals surface area contributed by atoms with E-state index in [4.69, 9.17) is 0 Å². The van der Waals surface area contributed by atoms with Crippen molar-refractivity contribution in [2.24, 2.45) is 0 Å². The van der Waals surface area contributed by atoms with Gasteiger partial charge in [0.2, 0.25) is 0 Å². The van der Waals surface area contributed by atoms with Gasteiger partial charge in [-0.15, -0.1) is 0 Å². The van der Waals surface area contributed by atoms with Crippen molar-refractivity contribution in [3.63, 3.8) is 0 Å². The van der Waals surface area contributed by atoms with Gasteiger partial charge in [-0.05, 0) is 12.0 Å². The highest BCUT2D eigenvalue weighted by Gasteiger charge is 2.15. The van der Waals surface area contributed by atoms with Crippen LogP contribution in [0.3, 0.4) is 0 Å². The van der Waals surface area contributed by atoms with Crippen LogP contribution in [0, 0.1) is 22.0 Å². The Morgan fingerprint density at radius 3 is 3.06 bits per heavy atom. The van der Waals surface area contributed by atoms with Crippen molar-refractivity contribution in [3.05, 3.63) is 34.0 Å². The molecule has 0 radical (unpaired) electrons. The number of benzene rings is 1. The van der Waals surface area contributed by atoms with E-state index in [9.17, 15) is 10.1 Å². The Labute approximate surface area is 96.4 Å². The molecule has 1 aromatic heterocycles. The maximum absolute atomic E-state index is 10.7. The van der Waals surface area contributed by atoms with Crippen molar-refractivity contribution >= 4 is 29.2 Å². The lowest BCUT2D eigenvalue weighted by atomic mass is 10.2. The first kappa shape index (κ1) is 10.5. The summed E-state index contributed by atoms with van der Waals surface area (Å²) < 4.78 is 0. The van der Waals surface area contributed by atoms with Crippen molar-refractivity contribution in [2.45, 2.75) is 0 Å². The van der Waals surface area contributed by atoms with E-state index in [1.54, 1.807) is 12.1 Å². The summed E-state index contributed by atoms with van der Waals surface area (Å²) in [6, 6.07) is 4.77. The maximum atomic E-state index is 10.7. The number of nitro groups is 1. The van der Waals surface area contributed by atoms with Crippen LogP contribution in [0.5, 0.6) is 0 Å². The first-order valence-electron chi connectivity index (χ1n) is 4.45. The predicted molar refractivity (Wildman–Crippen MR) is 63.5 cm³/mol. The summed E-state index contributed by atoms with van der Waals surface area (Å²) in [5.74, 6) is 6.01. The number of aromatic nitrogens is 2. The van der Waals surface area contributed by atoms with E-state index >= 15 is 0 Å². The minimum Gasteiger partial charge on any atom is -0.268 e. The van der Waals surface area contributed by atoms with E-state index in [1.165, 1.54) is 6.07 Å². The second kappa shape index (κ2) is 4.24. The molecule has 16 heavy (non-hydrogen) atoms. The molecule has 0 aliphatic rings. The molecule has 1 N–H and O–H groups in total. The molecule has 0 amide bonds. The number of non-ortho nitro benzene ring substituents is 1. The molecule has 0 bridgehead atoms. The summed E-state index contributed by atoms with van der Waals surface area (Å²) in [6.45, 7) is 0. The van der Waals surface area contributed by atoms with Crippen LogP contribution in [0.25, 0.3) is 10.9 Å². The number of aromatic amines is 1. The van der Waals surface area contributed by atoms with Gasteiger partial charge in [-0.25, -0.2) is 0 Å². The summed E-state index contributed by atoms with van der Waals surface area (Å²) in [5, 5.41) is 18.0. The Morgan fingerprint density at radius 1 is 1.56 bits per heavy atom. The summed E-state index contributed by atoms with van der Waals surface area (Å²) >= 11 is 3.96. The molecule has 0 aliphatic heterocycles. The zero-order valence-electron chi connectivity index (χ0n) is 8.10. The van der Waals surface area contributed by atoms with Gasteiger partial charge in [0, 0.05) is 11.5 Å². The molecule has 0 aliphatic carbocycles. The topological polar surface area (TPSA) is 71.8 Å². The van der Waals surface area contributed by atoms with Crippen molar-refractivity contribution in [2.75, 3.05) is 5.75 Å². The molecule has 6 heteroatoms. The van der Waals surface area contributed by atoms with Crippen LogP contribution in [0.2, 0.25) is 0 Å². The number of hydrogen-bond donors (Lipinski definition) is 2. The molecule has 2 rings (SSSR count). The highest BCUT2D eigenvalue weighted by molar-refractivity contribution is 7.80. The molecule has 1 heterocycles. The van der Waals surface area contributed by atoms with Crippen LogP contribution >= 0.6 is 12.6 Å². The highest BCUT2D eigenvalue weighted by atomic mass is 32.1. The second-order valence-electron chi connectivity index (χ2n) is 2.99. The van der Waals surface area contributed by atoms with E-state index in [1.807, 2.05) is 0 Å². The zero-order chi connectivity index (χ0) is 11.5. The van der Waals surface area contributed by atoms with Gasteiger partial charge in [-0.2, -0.15) is 17.7 Å². The molecule has 5 nitrogen and oxygen atoms in total. The molecule has 0 saturated carbocycles. The Balaban J connectivity index is 2.66. The van der Waals surface area contributed by atoms with E-state index in [0.29, 0.717) is 22.3 Å². The Morgan fingerprint density at radius 2 is 2.38 bits per heavy atom. The van der Waals surface area contributed by atoms with Crippen LogP contribution in [-0.4, -0.2) is 20.9 Å². The first-order valence-corrected chi connectivity index (χ1v) is 5.08. The molecule has 0 unspecified atom stereocenters. The summed E-state index contributed by atoms with van der Waals surface area (Å²) in [6.07, 6.45) is 0. The van der Waals surface area contributed by atoms with E-state index in [2.05, 4.69) is 34.7 Å². The molecular weight excluding hydrogens is 226 g/mol. The largest absolute Gasteiger partial charge is 0.297 e. The normalized spacial score (nSPS) is 9.81. The lowest BCUT2D eigenvalue weighted by Gasteiger charge is -1.91. The minimum absolute atomic E-state index is 0.0207. The number of nitrogens with one attached hydrogen (secondary N) is 1. The van der Waals surface area contributed by atoms with E-state index in [0.717, 1.165) is 0 Å². The number of nitrogens with zero attached hydrogens (tertiary/aromatic N) is 2. The lowest BCUT2D eigenvalue weighted by Crippen LogP contribution is -1.88. The summed E-state index contributed by atoms with van der Waals surface area (Å²) in [5.41, 5.74) is 0.886. The molecule has 0 saturated heterocycles. The minimum atomic E-state index is -0.459. The van der Waals surface area contributed by atoms with Gasteiger partial charge in [0.1, 0.15) is 5.69 Å². The average Bonchev–Trinajstić information content (AvgIpc) is 2.69. The van der Waals surface area contributed by atoms with Crippen molar-refractivity contribution in [1.29, 1.82) is 0 Å². The fourth-order valence-corrected chi connectivity index (χ4v) is 1.47. The smallest absolute Gasteiger partial charge is 0.268 e. The molecule has 0 fully saturated rings. The van der Waals surface area contributed by atoms with Crippen molar-refractivity contribution in [1.82, 2.24) is 10.2 Å². The second-order valence-corrected chi connectivity index (χ2v) is 3.31. The van der Waals surface area contributed by atoms with Gasteiger partial charge < -0.3 is 0 Å². The number of H-pyrrole nitrogens is 1. The van der Waals surface area contributed by atoms with Crippen LogP contribution in [-0.2, 0) is 0 Å². The summed E-state index contributed by atoms with van der Waals surface area (Å²) in [4.78, 5) is 10.3. The molecule has 80 valence electrons. The third-order valence-corrected chi connectivity index (χ3v) is 2.21. The van der Waals surface area contributed by atoms with Crippen LogP contribution in [0.15, 0.2) is 18.2 Å². The number of nitro benzene ring substituents is 1. The van der Waals surface area contributed by atoms with Gasteiger partial charge in [0.05, 0.1) is 10.7 Å². The number of thiol groups is 1. The predicted octanol–water partition coefficient (Wildman–Crippen LogP) is 1.75. The number of hydrogen-bond acceptors (Lipinski definition) is 4. The fourth-order valence-electron chi connectivity index (χ4n) is 1.39. The summed E-state index contributed by atoms with van der Waals surface area (Å²) in [7, 11) is 0. The Hall–Kier alpha value is -2.00. The number of fused-ring (bicyclic) bond motifs is 1. The molecular formula is C10H7N3O2S. The molecule has 0 spiro atoms. The third kappa shape index (κ3) is 1.73. The molecule has 0 atom stereocenters. The van der Waals surface area contributed by atoms with Crippen LogP contribution in [0.1, 0.15) is 5.69 Å². The van der Waals surface area contributed by atoms with Gasteiger partial charge >= 0.3 is 0 Å². The van der Waals surface area contributed by atoms with Gasteiger partial charge in [0.25, 0.3) is 5.69 Å². The lowest BCUT2D eigenvalue weighted by molar-refractivity contribution is -0.383. The Kier molecular flexibility index (Phi) is 2.79. The first-order chi connectivity index (χ1) is 7.74. The number of rotatable bonds is 1. The van der Waals surface area contributed by atoms with E-state index < -0.39 is 4.92 Å². The van der Waals surface area contributed by atoms with Gasteiger partial charge in [0.15, 0.2) is 5.52 Å². The molecule has 2 aromatic rings. The Bertz CT molecular complexity index is 609. The molecule has 1 aromatic carbocycles.